The normalized spacial score (nSPS) is 18.6. The number of benzene rings is 2. The standard InChI is InChI=1S/C24H28N2O5/c1-23(2,3)17-10-12-18(13-11-17)24(4)21(28)26(22(29)25-24)16-20(27)31-15-14-30-19-8-6-5-7-9-19/h5-13H,14-16H2,1-4H3,(H,25,29). The first-order valence-corrected chi connectivity index (χ1v) is 10.2. The maximum atomic E-state index is 13.0. The summed E-state index contributed by atoms with van der Waals surface area (Å²) >= 11 is 0. The van der Waals surface area contributed by atoms with Crippen LogP contribution in [0.3, 0.4) is 0 Å². The molecule has 1 unspecified atom stereocenters. The zero-order valence-electron chi connectivity index (χ0n) is 18.3. The summed E-state index contributed by atoms with van der Waals surface area (Å²) in [4.78, 5) is 38.4. The Kier molecular flexibility index (Phi) is 6.34. The van der Waals surface area contributed by atoms with Gasteiger partial charge in [-0.3, -0.25) is 14.5 Å². The van der Waals surface area contributed by atoms with Crippen LogP contribution in [0.1, 0.15) is 38.8 Å². The average molecular weight is 424 g/mol. The molecule has 1 heterocycles. The van der Waals surface area contributed by atoms with Gasteiger partial charge >= 0.3 is 12.0 Å². The summed E-state index contributed by atoms with van der Waals surface area (Å²) < 4.78 is 10.6. The number of rotatable bonds is 7. The quantitative estimate of drug-likeness (QED) is 0.418. The van der Waals surface area contributed by atoms with Crippen LogP contribution in [0.15, 0.2) is 54.6 Å². The lowest BCUT2D eigenvalue weighted by atomic mass is 9.84. The molecule has 2 aromatic carbocycles. The molecule has 0 aromatic heterocycles. The number of para-hydroxylation sites is 1. The SMILES string of the molecule is CC(C)(C)c1ccc(C2(C)NC(=O)N(CC(=O)OCCOc3ccccc3)C2=O)cc1. The summed E-state index contributed by atoms with van der Waals surface area (Å²) in [5.41, 5.74) is 0.521. The van der Waals surface area contributed by atoms with E-state index in [4.69, 9.17) is 9.47 Å². The van der Waals surface area contributed by atoms with E-state index in [0.717, 1.165) is 10.5 Å². The molecule has 1 N–H and O–H groups in total. The van der Waals surface area contributed by atoms with Crippen molar-refractivity contribution < 1.29 is 23.9 Å². The number of amides is 3. The fourth-order valence-electron chi connectivity index (χ4n) is 3.35. The number of nitrogens with zero attached hydrogens (tertiary/aromatic N) is 1. The summed E-state index contributed by atoms with van der Waals surface area (Å²) in [5.74, 6) is -0.494. The van der Waals surface area contributed by atoms with Crippen LogP contribution >= 0.6 is 0 Å². The summed E-state index contributed by atoms with van der Waals surface area (Å²) in [6.45, 7) is 7.68. The van der Waals surface area contributed by atoms with Crippen molar-refractivity contribution in [3.05, 3.63) is 65.7 Å². The molecule has 31 heavy (non-hydrogen) atoms. The maximum absolute atomic E-state index is 13.0. The molecule has 1 atom stereocenters. The van der Waals surface area contributed by atoms with Gasteiger partial charge in [0.25, 0.3) is 5.91 Å². The van der Waals surface area contributed by atoms with Crippen molar-refractivity contribution in [3.63, 3.8) is 0 Å². The van der Waals surface area contributed by atoms with Crippen LogP contribution in [0.2, 0.25) is 0 Å². The third-order valence-corrected chi connectivity index (χ3v) is 5.25. The van der Waals surface area contributed by atoms with Gasteiger partial charge in [-0.05, 0) is 35.6 Å². The molecule has 7 heteroatoms. The zero-order chi connectivity index (χ0) is 22.6. The molecular weight excluding hydrogens is 396 g/mol. The molecule has 0 aliphatic carbocycles. The molecule has 164 valence electrons. The van der Waals surface area contributed by atoms with E-state index in [1.807, 2.05) is 42.5 Å². The van der Waals surface area contributed by atoms with Crippen molar-refractivity contribution in [2.45, 2.75) is 38.6 Å². The number of esters is 1. The van der Waals surface area contributed by atoms with Crippen molar-refractivity contribution in [1.82, 2.24) is 10.2 Å². The lowest BCUT2D eigenvalue weighted by Crippen LogP contribution is -2.41. The summed E-state index contributed by atoms with van der Waals surface area (Å²) in [7, 11) is 0. The first kappa shape index (κ1) is 22.3. The first-order chi connectivity index (χ1) is 14.6. The Hall–Kier alpha value is -3.35. The number of hydrogen-bond donors (Lipinski definition) is 1. The number of carbonyl (C=O) groups excluding carboxylic acids is 3. The van der Waals surface area contributed by atoms with Gasteiger partial charge in [-0.1, -0.05) is 63.2 Å². The Labute approximate surface area is 182 Å². The minimum absolute atomic E-state index is 0.0168. The van der Waals surface area contributed by atoms with Crippen molar-refractivity contribution in [2.75, 3.05) is 19.8 Å². The molecule has 1 aliphatic rings. The van der Waals surface area contributed by atoms with Crippen molar-refractivity contribution in [2.24, 2.45) is 0 Å². The van der Waals surface area contributed by atoms with Gasteiger partial charge in [0.15, 0.2) is 0 Å². The average Bonchev–Trinajstić information content (AvgIpc) is 2.95. The van der Waals surface area contributed by atoms with E-state index < -0.39 is 30.0 Å². The molecule has 2 aromatic rings. The zero-order valence-corrected chi connectivity index (χ0v) is 18.3. The predicted molar refractivity (Wildman–Crippen MR) is 116 cm³/mol. The monoisotopic (exact) mass is 424 g/mol. The van der Waals surface area contributed by atoms with Crippen LogP contribution in [0, 0.1) is 0 Å². The van der Waals surface area contributed by atoms with Gasteiger partial charge in [-0.25, -0.2) is 4.79 Å². The highest BCUT2D eigenvalue weighted by molar-refractivity contribution is 6.08. The summed E-state index contributed by atoms with van der Waals surface area (Å²) in [5, 5.41) is 2.70. The van der Waals surface area contributed by atoms with E-state index in [-0.39, 0.29) is 18.6 Å². The van der Waals surface area contributed by atoms with Gasteiger partial charge in [-0.15, -0.1) is 0 Å². The molecule has 0 saturated carbocycles. The summed E-state index contributed by atoms with van der Waals surface area (Å²) in [6.07, 6.45) is 0. The van der Waals surface area contributed by atoms with E-state index >= 15 is 0 Å². The minimum Gasteiger partial charge on any atom is -0.490 e. The molecule has 1 aliphatic heterocycles. The number of ether oxygens (including phenoxy) is 2. The highest BCUT2D eigenvalue weighted by Crippen LogP contribution is 2.31. The third kappa shape index (κ3) is 5.05. The number of nitrogens with one attached hydrogen (secondary N) is 1. The van der Waals surface area contributed by atoms with E-state index in [0.29, 0.717) is 11.3 Å². The van der Waals surface area contributed by atoms with Crippen molar-refractivity contribution in [1.29, 1.82) is 0 Å². The second-order valence-electron chi connectivity index (χ2n) is 8.66. The number of carbonyl (C=O) groups is 3. The van der Waals surface area contributed by atoms with Crippen molar-refractivity contribution in [3.8, 4) is 5.75 Å². The molecule has 3 amide bonds. The summed E-state index contributed by atoms with van der Waals surface area (Å²) in [6, 6.07) is 16.1. The van der Waals surface area contributed by atoms with Crippen molar-refractivity contribution >= 4 is 17.9 Å². The largest absolute Gasteiger partial charge is 0.490 e. The van der Waals surface area contributed by atoms with Gasteiger partial charge in [-0.2, -0.15) is 0 Å². The van der Waals surface area contributed by atoms with Crippen LogP contribution in [0.5, 0.6) is 5.75 Å². The van der Waals surface area contributed by atoms with Crippen LogP contribution in [-0.4, -0.2) is 42.6 Å². The Balaban J connectivity index is 1.57. The lowest BCUT2D eigenvalue weighted by molar-refractivity contribution is -0.148. The lowest BCUT2D eigenvalue weighted by Gasteiger charge is -2.24. The maximum Gasteiger partial charge on any atom is 0.326 e. The van der Waals surface area contributed by atoms with E-state index in [2.05, 4.69) is 26.1 Å². The number of hydrogen-bond acceptors (Lipinski definition) is 5. The molecule has 3 rings (SSSR count). The molecule has 1 saturated heterocycles. The van der Waals surface area contributed by atoms with Crippen LogP contribution in [-0.2, 0) is 25.3 Å². The molecule has 0 bridgehead atoms. The minimum atomic E-state index is -1.23. The van der Waals surface area contributed by atoms with E-state index in [1.165, 1.54) is 0 Å². The second-order valence-corrected chi connectivity index (χ2v) is 8.66. The highest BCUT2D eigenvalue weighted by atomic mass is 16.6. The van der Waals surface area contributed by atoms with Gasteiger partial charge in [0.05, 0.1) is 0 Å². The molecule has 0 radical (unpaired) electrons. The van der Waals surface area contributed by atoms with E-state index in [9.17, 15) is 14.4 Å². The number of urea groups is 1. The van der Waals surface area contributed by atoms with Gasteiger partial charge in [0.2, 0.25) is 0 Å². The Bertz CT molecular complexity index is 950. The fourth-order valence-corrected chi connectivity index (χ4v) is 3.35. The Morgan fingerprint density at radius 3 is 2.26 bits per heavy atom. The Morgan fingerprint density at radius 1 is 1.00 bits per heavy atom. The second kappa shape index (κ2) is 8.79. The predicted octanol–water partition coefficient (Wildman–Crippen LogP) is 3.37. The topological polar surface area (TPSA) is 84.9 Å². The molecule has 0 spiro atoms. The Morgan fingerprint density at radius 2 is 1.65 bits per heavy atom. The fraction of sp³-hybridized carbons (Fsp3) is 0.375. The molecule has 7 nitrogen and oxygen atoms in total. The van der Waals surface area contributed by atoms with E-state index in [1.54, 1.807) is 19.1 Å². The molecular formula is C24H28N2O5. The first-order valence-electron chi connectivity index (χ1n) is 10.2. The third-order valence-electron chi connectivity index (χ3n) is 5.25. The number of imide groups is 1. The smallest absolute Gasteiger partial charge is 0.326 e. The van der Waals surface area contributed by atoms with Crippen LogP contribution < -0.4 is 10.1 Å². The molecule has 1 fully saturated rings. The van der Waals surface area contributed by atoms with Gasteiger partial charge in [0.1, 0.15) is 31.0 Å². The highest BCUT2D eigenvalue weighted by Gasteiger charge is 2.49. The van der Waals surface area contributed by atoms with Crippen LogP contribution in [0.25, 0.3) is 0 Å². The van der Waals surface area contributed by atoms with Crippen LogP contribution in [0.4, 0.5) is 4.79 Å². The van der Waals surface area contributed by atoms with Gasteiger partial charge in [0, 0.05) is 0 Å². The van der Waals surface area contributed by atoms with Gasteiger partial charge < -0.3 is 14.8 Å².